The van der Waals surface area contributed by atoms with Crippen LogP contribution >= 0.6 is 7.14 Å². The van der Waals surface area contributed by atoms with E-state index in [0.717, 1.165) is 41.9 Å². The number of aliphatic hydroxyl groups excluding tert-OH is 4. The maximum Gasteiger partial charge on any atom is 0.141 e. The molecule has 33 heavy (non-hydrogen) atoms. The summed E-state index contributed by atoms with van der Waals surface area (Å²) in [5.41, 5.74) is 3.86. The predicted molar refractivity (Wildman–Crippen MR) is 125 cm³/mol. The van der Waals surface area contributed by atoms with E-state index in [1.54, 1.807) is 0 Å². The van der Waals surface area contributed by atoms with Crippen molar-refractivity contribution in [2.75, 3.05) is 25.3 Å². The molecule has 0 amide bonds. The number of benzene rings is 2. The van der Waals surface area contributed by atoms with Crippen LogP contribution in [0.1, 0.15) is 41.2 Å². The van der Waals surface area contributed by atoms with Crippen LogP contribution in [0.5, 0.6) is 5.75 Å². The third kappa shape index (κ3) is 5.51. The van der Waals surface area contributed by atoms with Crippen molar-refractivity contribution < 1.29 is 34.5 Å². The van der Waals surface area contributed by atoms with E-state index in [-0.39, 0.29) is 0 Å². The molecule has 0 bridgehead atoms. The topological polar surface area (TPSA) is 116 Å². The monoisotopic (exact) mass is 476 g/mol. The van der Waals surface area contributed by atoms with Crippen molar-refractivity contribution in [3.63, 3.8) is 0 Å². The lowest BCUT2D eigenvalue weighted by molar-refractivity contribution is -0.231. The van der Waals surface area contributed by atoms with Crippen molar-refractivity contribution in [1.82, 2.24) is 0 Å². The second kappa shape index (κ2) is 10.3. The Labute approximate surface area is 194 Å². The molecule has 0 radical (unpaired) electrons. The van der Waals surface area contributed by atoms with E-state index in [1.807, 2.05) is 49.4 Å². The highest BCUT2D eigenvalue weighted by atomic mass is 31.2. The summed E-state index contributed by atoms with van der Waals surface area (Å²) < 4.78 is 24.1. The maximum absolute atomic E-state index is 12.6. The van der Waals surface area contributed by atoms with Gasteiger partial charge in [0, 0.05) is 12.3 Å². The zero-order valence-corrected chi connectivity index (χ0v) is 19.7. The number of aryl methyl sites for hydroxylation is 1. The second-order valence-corrected chi connectivity index (χ2v) is 12.5. The van der Waals surface area contributed by atoms with E-state index >= 15 is 0 Å². The second-order valence-electron chi connectivity index (χ2n) is 9.24. The Morgan fingerprint density at radius 1 is 1.00 bits per heavy atom. The number of hydrogen-bond donors (Lipinski definition) is 4. The molecular weight excluding hydrogens is 443 g/mol. The fraction of sp³-hybridized carbons (Fsp3) is 0.520. The number of ether oxygens (including phenoxy) is 2. The van der Waals surface area contributed by atoms with Crippen LogP contribution in [0.3, 0.4) is 0 Å². The first-order valence-corrected chi connectivity index (χ1v) is 13.7. The summed E-state index contributed by atoms with van der Waals surface area (Å²) in [6.45, 7) is 1.55. The zero-order chi connectivity index (χ0) is 23.6. The Bertz CT molecular complexity index is 981. The molecule has 2 aromatic carbocycles. The molecule has 0 aromatic heterocycles. The van der Waals surface area contributed by atoms with E-state index < -0.39 is 44.3 Å². The molecule has 4 N–H and O–H groups in total. The molecule has 5 atom stereocenters. The van der Waals surface area contributed by atoms with Gasteiger partial charge in [-0.15, -0.1) is 0 Å². The first kappa shape index (κ1) is 24.4. The van der Waals surface area contributed by atoms with Gasteiger partial charge in [0.15, 0.2) is 0 Å². The van der Waals surface area contributed by atoms with Crippen molar-refractivity contribution in [1.29, 1.82) is 0 Å². The summed E-state index contributed by atoms with van der Waals surface area (Å²) in [4.78, 5) is 0. The van der Waals surface area contributed by atoms with Gasteiger partial charge < -0.3 is 34.5 Å². The highest BCUT2D eigenvalue weighted by Gasteiger charge is 2.44. The predicted octanol–water partition coefficient (Wildman–Crippen LogP) is 2.59. The molecule has 2 aliphatic rings. The minimum Gasteiger partial charge on any atom is -0.486 e. The van der Waals surface area contributed by atoms with E-state index in [4.69, 9.17) is 9.47 Å². The van der Waals surface area contributed by atoms with Gasteiger partial charge in [-0.25, -0.2) is 0 Å². The molecule has 4 rings (SSSR count). The van der Waals surface area contributed by atoms with Crippen molar-refractivity contribution in [2.45, 2.75) is 56.7 Å². The fourth-order valence-electron chi connectivity index (χ4n) is 4.59. The van der Waals surface area contributed by atoms with Crippen LogP contribution < -0.4 is 4.74 Å². The lowest BCUT2D eigenvalue weighted by Crippen LogP contribution is -2.55. The molecule has 2 aromatic rings. The minimum absolute atomic E-state index is 0.312. The molecule has 0 aliphatic carbocycles. The van der Waals surface area contributed by atoms with Crippen LogP contribution in [-0.2, 0) is 15.7 Å². The summed E-state index contributed by atoms with van der Waals surface area (Å²) in [5, 5.41) is 40.1. The van der Waals surface area contributed by atoms with Crippen LogP contribution in [-0.4, -0.2) is 70.1 Å². The van der Waals surface area contributed by atoms with E-state index in [0.29, 0.717) is 24.1 Å². The van der Waals surface area contributed by atoms with Gasteiger partial charge in [0.2, 0.25) is 0 Å². The fourth-order valence-corrected chi connectivity index (χ4v) is 7.06. The highest BCUT2D eigenvalue weighted by Crippen LogP contribution is 2.51. The molecule has 0 unspecified atom stereocenters. The van der Waals surface area contributed by atoms with Crippen LogP contribution in [0.2, 0.25) is 0 Å². The quantitative estimate of drug-likeness (QED) is 0.454. The van der Waals surface area contributed by atoms with E-state index in [9.17, 15) is 25.0 Å². The van der Waals surface area contributed by atoms with E-state index in [1.165, 1.54) is 0 Å². The summed E-state index contributed by atoms with van der Waals surface area (Å²) in [6.07, 6.45) is -1.28. The largest absolute Gasteiger partial charge is 0.486 e. The van der Waals surface area contributed by atoms with Gasteiger partial charge in [-0.05, 0) is 60.6 Å². The lowest BCUT2D eigenvalue weighted by atomic mass is 9.89. The zero-order valence-electron chi connectivity index (χ0n) is 18.8. The summed E-state index contributed by atoms with van der Waals surface area (Å²) in [5.74, 6) is 0.715. The number of hydrogen-bond acceptors (Lipinski definition) is 7. The Morgan fingerprint density at radius 3 is 2.36 bits per heavy atom. The number of aliphatic hydroxyl groups is 4. The van der Waals surface area contributed by atoms with Crippen molar-refractivity contribution in [3.8, 4) is 5.75 Å². The molecule has 8 heteroatoms. The summed E-state index contributed by atoms with van der Waals surface area (Å²) in [6, 6.07) is 13.5. The average molecular weight is 477 g/mol. The van der Waals surface area contributed by atoms with Crippen molar-refractivity contribution >= 4 is 7.14 Å². The van der Waals surface area contributed by atoms with Crippen molar-refractivity contribution in [2.24, 2.45) is 0 Å². The SMILES string of the molecule is Cc1ccc([C@@H]2O[C@H](CO)[C@@H](O)[C@H](O)[C@H]2O)cc1Cc1ccc(OCP2(=O)CCCC2)cc1. The van der Waals surface area contributed by atoms with Crippen LogP contribution in [0.15, 0.2) is 42.5 Å². The first-order valence-electron chi connectivity index (χ1n) is 11.5. The van der Waals surface area contributed by atoms with Gasteiger partial charge in [-0.2, -0.15) is 0 Å². The van der Waals surface area contributed by atoms with Gasteiger partial charge in [0.25, 0.3) is 0 Å². The standard InChI is InChI=1S/C25H33O7P/c1-16-4-7-18(25-24(29)23(28)22(27)21(14-26)32-25)13-19(16)12-17-5-8-20(9-6-17)31-15-33(30)10-2-3-11-33/h4-9,13,21-29H,2-3,10-12,14-15H2,1H3/t21-,22-,23+,24-,25+/m1/s1. The molecule has 2 heterocycles. The van der Waals surface area contributed by atoms with Gasteiger partial charge in [-0.1, -0.05) is 30.3 Å². The normalized spacial score (nSPS) is 29.2. The van der Waals surface area contributed by atoms with Gasteiger partial charge in [0.1, 0.15) is 49.8 Å². The smallest absolute Gasteiger partial charge is 0.141 e. The Balaban J connectivity index is 1.45. The molecule has 0 saturated carbocycles. The summed E-state index contributed by atoms with van der Waals surface area (Å²) >= 11 is 0. The van der Waals surface area contributed by atoms with Gasteiger partial charge in [-0.3, -0.25) is 0 Å². The Kier molecular flexibility index (Phi) is 7.59. The molecule has 2 aliphatic heterocycles. The number of rotatable bonds is 7. The Morgan fingerprint density at radius 2 is 1.70 bits per heavy atom. The first-order chi connectivity index (χ1) is 15.8. The highest BCUT2D eigenvalue weighted by molar-refractivity contribution is 7.64. The molecule has 7 nitrogen and oxygen atoms in total. The molecule has 0 spiro atoms. The van der Waals surface area contributed by atoms with Gasteiger partial charge in [0.05, 0.1) is 6.61 Å². The molecule has 180 valence electrons. The molecule has 2 fully saturated rings. The summed E-state index contributed by atoms with van der Waals surface area (Å²) in [7, 11) is -2.15. The van der Waals surface area contributed by atoms with Crippen molar-refractivity contribution in [3.05, 3.63) is 64.7 Å². The third-order valence-corrected chi connectivity index (χ3v) is 9.62. The third-order valence-electron chi connectivity index (χ3n) is 6.76. The van der Waals surface area contributed by atoms with Crippen LogP contribution in [0, 0.1) is 6.92 Å². The lowest BCUT2D eigenvalue weighted by Gasteiger charge is -2.40. The maximum atomic E-state index is 12.6. The molecule has 2 saturated heterocycles. The molecular formula is C25H33O7P. The van der Waals surface area contributed by atoms with E-state index in [2.05, 4.69) is 0 Å². The van der Waals surface area contributed by atoms with Crippen LogP contribution in [0.25, 0.3) is 0 Å². The van der Waals surface area contributed by atoms with Crippen LogP contribution in [0.4, 0.5) is 0 Å². The Hall–Kier alpha value is -1.73. The minimum atomic E-state index is -2.15. The average Bonchev–Trinajstić information content (AvgIpc) is 3.25. The van der Waals surface area contributed by atoms with Gasteiger partial charge >= 0.3 is 0 Å².